The van der Waals surface area contributed by atoms with Crippen molar-refractivity contribution in [3.63, 3.8) is 0 Å². The van der Waals surface area contributed by atoms with Crippen LogP contribution in [0, 0.1) is 6.92 Å². The molecule has 0 fully saturated rings. The molecule has 0 bridgehead atoms. The second-order valence-corrected chi connectivity index (χ2v) is 6.45. The molecule has 0 amide bonds. The van der Waals surface area contributed by atoms with Crippen molar-refractivity contribution in [3.8, 4) is 0 Å². The molecule has 1 N–H and O–H groups in total. The summed E-state index contributed by atoms with van der Waals surface area (Å²) in [7, 11) is 0. The maximum absolute atomic E-state index is 11.9. The van der Waals surface area contributed by atoms with Crippen molar-refractivity contribution in [3.05, 3.63) is 41.2 Å². The molecule has 0 atom stereocenters. The second kappa shape index (κ2) is 6.22. The van der Waals surface area contributed by atoms with Gasteiger partial charge in [-0.05, 0) is 45.4 Å². The highest BCUT2D eigenvalue weighted by Crippen LogP contribution is 2.15. The fraction of sp³-hybridized carbons (Fsp3) is 0.400. The SMILES string of the molecule is Cc1nsc(NCc2ccc(C(=O)OC(C)(C)C)cc2)n1. The lowest BCUT2D eigenvalue weighted by Gasteiger charge is -2.19. The van der Waals surface area contributed by atoms with Gasteiger partial charge in [0.25, 0.3) is 0 Å². The zero-order valence-corrected chi connectivity index (χ0v) is 13.5. The van der Waals surface area contributed by atoms with E-state index in [1.807, 2.05) is 39.8 Å². The Morgan fingerprint density at radius 1 is 1.29 bits per heavy atom. The molecule has 1 heterocycles. The second-order valence-electron chi connectivity index (χ2n) is 5.70. The fourth-order valence-corrected chi connectivity index (χ4v) is 2.21. The monoisotopic (exact) mass is 305 g/mol. The van der Waals surface area contributed by atoms with Gasteiger partial charge in [0.05, 0.1) is 5.56 Å². The van der Waals surface area contributed by atoms with Gasteiger partial charge >= 0.3 is 5.97 Å². The largest absolute Gasteiger partial charge is 0.456 e. The average Bonchev–Trinajstić information content (AvgIpc) is 2.81. The van der Waals surface area contributed by atoms with E-state index in [-0.39, 0.29) is 5.97 Å². The van der Waals surface area contributed by atoms with E-state index in [2.05, 4.69) is 14.7 Å². The molecule has 0 spiro atoms. The molecular formula is C15H19N3O2S. The van der Waals surface area contributed by atoms with Gasteiger partial charge < -0.3 is 10.1 Å². The van der Waals surface area contributed by atoms with E-state index in [1.165, 1.54) is 11.5 Å². The summed E-state index contributed by atoms with van der Waals surface area (Å²) in [5.74, 6) is 0.463. The molecule has 1 aromatic carbocycles. The number of nitrogens with zero attached hydrogens (tertiary/aromatic N) is 2. The van der Waals surface area contributed by atoms with Crippen LogP contribution in [0.4, 0.5) is 5.13 Å². The maximum atomic E-state index is 11.9. The lowest BCUT2D eigenvalue weighted by molar-refractivity contribution is 0.00695. The van der Waals surface area contributed by atoms with Crippen LogP contribution in [-0.4, -0.2) is 20.9 Å². The van der Waals surface area contributed by atoms with Gasteiger partial charge in [-0.25, -0.2) is 9.78 Å². The lowest BCUT2D eigenvalue weighted by Crippen LogP contribution is -2.23. The number of hydrogen-bond acceptors (Lipinski definition) is 6. The summed E-state index contributed by atoms with van der Waals surface area (Å²) >= 11 is 1.34. The molecule has 112 valence electrons. The van der Waals surface area contributed by atoms with E-state index < -0.39 is 5.60 Å². The Kier molecular flexibility index (Phi) is 4.57. The Morgan fingerprint density at radius 3 is 2.48 bits per heavy atom. The Morgan fingerprint density at radius 2 is 1.95 bits per heavy atom. The summed E-state index contributed by atoms with van der Waals surface area (Å²) in [5.41, 5.74) is 1.14. The number of aromatic nitrogens is 2. The fourth-order valence-electron chi connectivity index (χ4n) is 1.64. The van der Waals surface area contributed by atoms with Crippen LogP contribution >= 0.6 is 11.5 Å². The molecule has 5 nitrogen and oxygen atoms in total. The van der Waals surface area contributed by atoms with Crippen LogP contribution in [-0.2, 0) is 11.3 Å². The van der Waals surface area contributed by atoms with Crippen LogP contribution in [0.2, 0.25) is 0 Å². The van der Waals surface area contributed by atoms with E-state index in [9.17, 15) is 4.79 Å². The first-order valence-corrected chi connectivity index (χ1v) is 7.47. The zero-order valence-electron chi connectivity index (χ0n) is 12.6. The minimum atomic E-state index is -0.479. The number of esters is 1. The molecule has 0 saturated heterocycles. The first-order chi connectivity index (χ1) is 9.83. The summed E-state index contributed by atoms with van der Waals surface area (Å²) in [6.45, 7) is 8.06. The summed E-state index contributed by atoms with van der Waals surface area (Å²) < 4.78 is 9.43. The van der Waals surface area contributed by atoms with Gasteiger partial charge in [-0.3, -0.25) is 0 Å². The molecule has 0 aliphatic carbocycles. The minimum Gasteiger partial charge on any atom is -0.456 e. The predicted octanol–water partition coefficient (Wildman–Crippen LogP) is 3.41. The molecule has 2 aromatic rings. The number of nitrogens with one attached hydrogen (secondary N) is 1. The number of carbonyl (C=O) groups excluding carboxylic acids is 1. The number of anilines is 1. The Bertz CT molecular complexity index is 615. The summed E-state index contributed by atoms with van der Waals surface area (Å²) in [6.07, 6.45) is 0. The molecule has 0 aliphatic heterocycles. The van der Waals surface area contributed by atoms with E-state index >= 15 is 0 Å². The summed E-state index contributed by atoms with van der Waals surface area (Å²) in [6, 6.07) is 7.35. The van der Waals surface area contributed by atoms with Crippen LogP contribution in [0.15, 0.2) is 24.3 Å². The zero-order chi connectivity index (χ0) is 15.5. The van der Waals surface area contributed by atoms with Crippen molar-refractivity contribution >= 4 is 22.6 Å². The maximum Gasteiger partial charge on any atom is 0.338 e. The number of hydrogen-bond donors (Lipinski definition) is 1. The van der Waals surface area contributed by atoms with Crippen LogP contribution in [0.1, 0.15) is 42.5 Å². The van der Waals surface area contributed by atoms with Gasteiger partial charge in [-0.1, -0.05) is 12.1 Å². The first kappa shape index (κ1) is 15.4. The number of rotatable bonds is 4. The molecule has 0 unspecified atom stereocenters. The molecule has 0 radical (unpaired) electrons. The van der Waals surface area contributed by atoms with Gasteiger partial charge in [0.15, 0.2) is 0 Å². The molecule has 1 aromatic heterocycles. The van der Waals surface area contributed by atoms with Crippen molar-refractivity contribution in [2.45, 2.75) is 39.8 Å². The van der Waals surface area contributed by atoms with Crippen LogP contribution < -0.4 is 5.32 Å². The quantitative estimate of drug-likeness (QED) is 0.877. The van der Waals surface area contributed by atoms with Crippen LogP contribution in [0.25, 0.3) is 0 Å². The standard InChI is InChI=1S/C15H19N3O2S/c1-10-17-14(21-18-10)16-9-11-5-7-12(8-6-11)13(19)20-15(2,3)4/h5-8H,9H2,1-4H3,(H,16,17,18). The molecule has 21 heavy (non-hydrogen) atoms. The van der Waals surface area contributed by atoms with Crippen LogP contribution in [0.5, 0.6) is 0 Å². The molecule has 0 aliphatic rings. The smallest absolute Gasteiger partial charge is 0.338 e. The molecule has 6 heteroatoms. The van der Waals surface area contributed by atoms with Gasteiger partial charge in [0, 0.05) is 18.1 Å². The topological polar surface area (TPSA) is 64.1 Å². The molecule has 0 saturated carbocycles. The predicted molar refractivity (Wildman–Crippen MR) is 83.6 cm³/mol. The van der Waals surface area contributed by atoms with Crippen molar-refractivity contribution in [2.24, 2.45) is 0 Å². The van der Waals surface area contributed by atoms with E-state index in [4.69, 9.17) is 4.74 Å². The Hall–Kier alpha value is -1.95. The number of ether oxygens (including phenoxy) is 1. The van der Waals surface area contributed by atoms with Crippen molar-refractivity contribution in [2.75, 3.05) is 5.32 Å². The third kappa shape index (κ3) is 4.82. The van der Waals surface area contributed by atoms with E-state index in [1.54, 1.807) is 12.1 Å². The Labute approximate surface area is 128 Å². The highest BCUT2D eigenvalue weighted by Gasteiger charge is 2.17. The minimum absolute atomic E-state index is 0.304. The number of benzene rings is 1. The van der Waals surface area contributed by atoms with Gasteiger partial charge in [0.1, 0.15) is 11.4 Å². The van der Waals surface area contributed by atoms with Crippen molar-refractivity contribution < 1.29 is 9.53 Å². The molecule has 2 rings (SSSR count). The highest BCUT2D eigenvalue weighted by molar-refractivity contribution is 7.09. The summed E-state index contributed by atoms with van der Waals surface area (Å²) in [5, 5.41) is 3.99. The van der Waals surface area contributed by atoms with E-state index in [0.717, 1.165) is 16.5 Å². The number of carbonyl (C=O) groups is 1. The van der Waals surface area contributed by atoms with Crippen molar-refractivity contribution in [1.82, 2.24) is 9.36 Å². The average molecular weight is 305 g/mol. The lowest BCUT2D eigenvalue weighted by atomic mass is 10.1. The first-order valence-electron chi connectivity index (χ1n) is 6.70. The van der Waals surface area contributed by atoms with Gasteiger partial charge in [0.2, 0.25) is 5.13 Å². The number of aryl methyl sites for hydroxylation is 1. The summed E-state index contributed by atoms with van der Waals surface area (Å²) in [4.78, 5) is 16.1. The van der Waals surface area contributed by atoms with Crippen LogP contribution in [0.3, 0.4) is 0 Å². The normalized spacial score (nSPS) is 11.2. The van der Waals surface area contributed by atoms with Crippen molar-refractivity contribution in [1.29, 1.82) is 0 Å². The van der Waals surface area contributed by atoms with Gasteiger partial charge in [-0.15, -0.1) is 0 Å². The highest BCUT2D eigenvalue weighted by atomic mass is 32.1. The Balaban J connectivity index is 1.94. The van der Waals surface area contributed by atoms with Gasteiger partial charge in [-0.2, -0.15) is 4.37 Å². The van der Waals surface area contributed by atoms with E-state index in [0.29, 0.717) is 12.1 Å². The third-order valence-electron chi connectivity index (χ3n) is 2.56. The molecular weight excluding hydrogens is 286 g/mol. The third-order valence-corrected chi connectivity index (χ3v) is 3.32.